The van der Waals surface area contributed by atoms with Crippen molar-refractivity contribution in [3.8, 4) is 0 Å². The summed E-state index contributed by atoms with van der Waals surface area (Å²) in [6.07, 6.45) is 5.66. The number of aliphatic hydroxyl groups is 1. The van der Waals surface area contributed by atoms with E-state index < -0.39 is 5.60 Å². The van der Waals surface area contributed by atoms with Crippen LogP contribution in [0.1, 0.15) is 76.1 Å². The molecule has 2 aromatic rings. The number of hydrogen-bond donors (Lipinski definition) is 2. The summed E-state index contributed by atoms with van der Waals surface area (Å²) in [5.41, 5.74) is 1.87. The van der Waals surface area contributed by atoms with Crippen LogP contribution in [-0.4, -0.2) is 10.7 Å². The van der Waals surface area contributed by atoms with E-state index >= 15 is 0 Å². The van der Waals surface area contributed by atoms with Gasteiger partial charge in [0.25, 0.3) is 0 Å². The van der Waals surface area contributed by atoms with Gasteiger partial charge in [0, 0.05) is 23.9 Å². The molecule has 2 nitrogen and oxygen atoms in total. The molecule has 0 amide bonds. The summed E-state index contributed by atoms with van der Waals surface area (Å²) < 4.78 is 0. The Bertz CT molecular complexity index is 632. The van der Waals surface area contributed by atoms with E-state index in [-0.39, 0.29) is 23.9 Å². The van der Waals surface area contributed by atoms with Gasteiger partial charge in [-0.2, -0.15) is 0 Å². The van der Waals surface area contributed by atoms with Crippen molar-refractivity contribution in [3.05, 3.63) is 71.8 Å². The quantitative estimate of drug-likeness (QED) is 0.586. The molecule has 1 saturated heterocycles. The van der Waals surface area contributed by atoms with Gasteiger partial charge in [-0.25, -0.2) is 0 Å². The van der Waals surface area contributed by atoms with Crippen molar-refractivity contribution in [2.45, 2.75) is 70.6 Å². The Morgan fingerprint density at radius 2 is 1.26 bits per heavy atom. The highest BCUT2D eigenvalue weighted by Gasteiger charge is 2.50. The third kappa shape index (κ3) is 4.28. The molecule has 1 aliphatic rings. The molecule has 0 aromatic heterocycles. The molecule has 0 radical (unpaired) electrons. The van der Waals surface area contributed by atoms with Crippen molar-refractivity contribution in [2.75, 3.05) is 0 Å². The largest absolute Gasteiger partial charge is 0.389 e. The maximum absolute atomic E-state index is 11.9. The van der Waals surface area contributed by atoms with Crippen molar-refractivity contribution in [3.63, 3.8) is 0 Å². The Balaban J connectivity index is 1.92. The van der Waals surface area contributed by atoms with E-state index in [4.69, 9.17) is 0 Å². The minimum absolute atomic E-state index is 0.156. The van der Waals surface area contributed by atoms with Crippen molar-refractivity contribution in [2.24, 2.45) is 11.8 Å². The first-order chi connectivity index (χ1) is 13.1. The van der Waals surface area contributed by atoms with Crippen LogP contribution in [0.25, 0.3) is 0 Å². The highest BCUT2D eigenvalue weighted by molar-refractivity contribution is 5.27. The summed E-state index contributed by atoms with van der Waals surface area (Å²) >= 11 is 0. The molecular weight excluding hydrogens is 330 g/mol. The fourth-order valence-corrected chi connectivity index (χ4v) is 4.85. The van der Waals surface area contributed by atoms with E-state index in [2.05, 4.69) is 86.8 Å². The first-order valence-electron chi connectivity index (χ1n) is 10.7. The minimum Gasteiger partial charge on any atom is -0.389 e. The van der Waals surface area contributed by atoms with Crippen molar-refractivity contribution in [1.82, 2.24) is 5.32 Å². The highest BCUT2D eigenvalue weighted by Crippen LogP contribution is 2.48. The summed E-state index contributed by atoms with van der Waals surface area (Å²) in [4.78, 5) is 0. The van der Waals surface area contributed by atoms with Crippen LogP contribution in [0, 0.1) is 11.8 Å². The second kappa shape index (κ2) is 9.03. The molecule has 0 bridgehead atoms. The number of rotatable bonds is 7. The first-order valence-corrected chi connectivity index (χ1v) is 10.7. The van der Waals surface area contributed by atoms with Gasteiger partial charge in [-0.05, 0) is 17.5 Å². The molecule has 1 fully saturated rings. The molecule has 1 heterocycles. The molecule has 1 unspecified atom stereocenters. The average molecular weight is 366 g/mol. The van der Waals surface area contributed by atoms with E-state index in [1.165, 1.54) is 30.4 Å². The van der Waals surface area contributed by atoms with Crippen LogP contribution in [-0.2, 0) is 0 Å². The summed E-state index contributed by atoms with van der Waals surface area (Å²) in [5.74, 6) is 0.327. The Hall–Kier alpha value is -1.64. The summed E-state index contributed by atoms with van der Waals surface area (Å²) in [6, 6.07) is 21.6. The van der Waals surface area contributed by atoms with Gasteiger partial charge >= 0.3 is 0 Å². The lowest BCUT2D eigenvalue weighted by Crippen LogP contribution is -2.57. The van der Waals surface area contributed by atoms with Gasteiger partial charge in [-0.3, -0.25) is 0 Å². The number of hydrogen-bond acceptors (Lipinski definition) is 2. The van der Waals surface area contributed by atoms with Crippen LogP contribution < -0.4 is 5.32 Å². The van der Waals surface area contributed by atoms with E-state index in [0.717, 1.165) is 12.8 Å². The fraction of sp³-hybridized carbons (Fsp3) is 0.520. The lowest BCUT2D eigenvalue weighted by molar-refractivity contribution is -0.117. The SMILES string of the molecule is CCCCCCC1(O)[C@H](C)[C@H](c2ccccc2)N[C@@H](c2ccccc2)[C@@H]1C. The lowest BCUT2D eigenvalue weighted by Gasteiger charge is -2.52. The molecule has 2 aromatic carbocycles. The topological polar surface area (TPSA) is 32.3 Å². The smallest absolute Gasteiger partial charge is 0.0734 e. The van der Waals surface area contributed by atoms with Gasteiger partial charge in [-0.1, -0.05) is 107 Å². The third-order valence-electron chi connectivity index (χ3n) is 6.68. The van der Waals surface area contributed by atoms with E-state index in [1.54, 1.807) is 0 Å². The Labute approximate surface area is 165 Å². The van der Waals surface area contributed by atoms with Crippen LogP contribution in [0.3, 0.4) is 0 Å². The molecule has 27 heavy (non-hydrogen) atoms. The van der Waals surface area contributed by atoms with Gasteiger partial charge in [0.05, 0.1) is 5.60 Å². The molecule has 3 rings (SSSR count). The Kier molecular flexibility index (Phi) is 6.73. The number of unbranched alkanes of at least 4 members (excludes halogenated alkanes) is 3. The third-order valence-corrected chi connectivity index (χ3v) is 6.68. The Morgan fingerprint density at radius 3 is 1.70 bits per heavy atom. The zero-order chi connectivity index (χ0) is 19.3. The molecule has 0 spiro atoms. The van der Waals surface area contributed by atoms with Crippen LogP contribution in [0.5, 0.6) is 0 Å². The molecule has 0 aliphatic carbocycles. The van der Waals surface area contributed by atoms with E-state index in [0.29, 0.717) is 0 Å². The molecule has 146 valence electrons. The van der Waals surface area contributed by atoms with Crippen LogP contribution in [0.2, 0.25) is 0 Å². The van der Waals surface area contributed by atoms with Crippen molar-refractivity contribution in [1.29, 1.82) is 0 Å². The monoisotopic (exact) mass is 365 g/mol. The zero-order valence-corrected chi connectivity index (χ0v) is 17.1. The average Bonchev–Trinajstić information content (AvgIpc) is 2.71. The van der Waals surface area contributed by atoms with Gasteiger partial charge in [0.2, 0.25) is 0 Å². The first kappa shape index (κ1) is 20.1. The highest BCUT2D eigenvalue weighted by atomic mass is 16.3. The second-order valence-electron chi connectivity index (χ2n) is 8.32. The molecular formula is C25H35NO. The molecule has 1 aliphatic heterocycles. The Morgan fingerprint density at radius 1 is 0.778 bits per heavy atom. The standard InChI is InChI=1S/C25H35NO/c1-4-5-6-13-18-25(27)19(2)23(21-14-9-7-10-15-21)26-24(20(25)3)22-16-11-8-12-17-22/h7-12,14-17,19-20,23-24,26-27H,4-6,13,18H2,1-3H3/t19-,20+,23-,24-,25?/m1/s1. The molecule has 2 N–H and O–H groups in total. The number of benzene rings is 2. The molecule has 2 heteroatoms. The predicted molar refractivity (Wildman–Crippen MR) is 114 cm³/mol. The van der Waals surface area contributed by atoms with Crippen molar-refractivity contribution >= 4 is 0 Å². The van der Waals surface area contributed by atoms with Gasteiger partial charge in [-0.15, -0.1) is 0 Å². The molecule has 5 atom stereocenters. The van der Waals surface area contributed by atoms with Crippen molar-refractivity contribution < 1.29 is 5.11 Å². The maximum atomic E-state index is 11.9. The van der Waals surface area contributed by atoms with Gasteiger partial charge < -0.3 is 10.4 Å². The summed E-state index contributed by atoms with van der Waals surface area (Å²) in [6.45, 7) is 6.69. The van der Waals surface area contributed by atoms with Gasteiger partial charge in [0.1, 0.15) is 0 Å². The number of nitrogens with one attached hydrogen (secondary N) is 1. The van der Waals surface area contributed by atoms with E-state index in [1.807, 2.05) is 0 Å². The van der Waals surface area contributed by atoms with Gasteiger partial charge in [0.15, 0.2) is 0 Å². The summed E-state index contributed by atoms with van der Waals surface area (Å²) in [5, 5.41) is 15.8. The number of piperidine rings is 1. The zero-order valence-electron chi connectivity index (χ0n) is 17.1. The van der Waals surface area contributed by atoms with Crippen LogP contribution in [0.4, 0.5) is 0 Å². The van der Waals surface area contributed by atoms with Crippen LogP contribution in [0.15, 0.2) is 60.7 Å². The fourth-order valence-electron chi connectivity index (χ4n) is 4.85. The van der Waals surface area contributed by atoms with E-state index in [9.17, 15) is 5.11 Å². The molecule has 0 saturated carbocycles. The maximum Gasteiger partial charge on any atom is 0.0734 e. The normalized spacial score (nSPS) is 31.0. The minimum atomic E-state index is -0.667. The predicted octanol–water partition coefficient (Wildman–Crippen LogP) is 6.05. The lowest BCUT2D eigenvalue weighted by atomic mass is 9.64. The second-order valence-corrected chi connectivity index (χ2v) is 8.32. The summed E-state index contributed by atoms with van der Waals surface area (Å²) in [7, 11) is 0. The van der Waals surface area contributed by atoms with Crippen LogP contribution >= 0.6 is 0 Å².